The highest BCUT2D eigenvalue weighted by atomic mass is 19.1. The van der Waals surface area contributed by atoms with Crippen LogP contribution in [-0.4, -0.2) is 28.4 Å². The topological polar surface area (TPSA) is 147 Å². The molecule has 0 fully saturated rings. The second kappa shape index (κ2) is 5.40. The monoisotopic (exact) mass is 348 g/mol. The number of nitro groups is 1. The van der Waals surface area contributed by atoms with Crippen molar-refractivity contribution in [3.63, 3.8) is 0 Å². The van der Waals surface area contributed by atoms with Gasteiger partial charge >= 0.3 is 5.69 Å². The Bertz CT molecular complexity index is 1030. The summed E-state index contributed by atoms with van der Waals surface area (Å²) in [6, 6.07) is 2.34. The van der Waals surface area contributed by atoms with Gasteiger partial charge in [0.05, 0.1) is 34.9 Å². The summed E-state index contributed by atoms with van der Waals surface area (Å²) in [5.74, 6) is -3.46. The third kappa shape index (κ3) is 2.29. The number of nitrogens with zero attached hydrogens (tertiary/aromatic N) is 2. The average Bonchev–Trinajstić information content (AvgIpc) is 2.81. The number of nitrogen functional groups attached to an aromatic ring is 1. The van der Waals surface area contributed by atoms with Crippen LogP contribution in [0.15, 0.2) is 23.0 Å². The van der Waals surface area contributed by atoms with Gasteiger partial charge in [0.1, 0.15) is 11.6 Å². The lowest BCUT2D eigenvalue weighted by Crippen LogP contribution is -2.24. The van der Waals surface area contributed by atoms with Gasteiger partial charge in [0.2, 0.25) is 5.82 Å². The average molecular weight is 348 g/mol. The van der Waals surface area contributed by atoms with E-state index < -0.39 is 39.6 Å². The van der Waals surface area contributed by atoms with Crippen molar-refractivity contribution < 1.29 is 23.6 Å². The zero-order valence-corrected chi connectivity index (χ0v) is 12.5. The van der Waals surface area contributed by atoms with E-state index in [1.807, 2.05) is 5.32 Å². The number of hydrogen-bond acceptors (Lipinski definition) is 7. The van der Waals surface area contributed by atoms with Gasteiger partial charge in [-0.05, 0) is 0 Å². The molecule has 2 aromatic rings. The lowest BCUT2D eigenvalue weighted by Gasteiger charge is -2.15. The molecule has 3 N–H and O–H groups in total. The van der Waals surface area contributed by atoms with E-state index in [0.717, 1.165) is 23.8 Å². The minimum absolute atomic E-state index is 0.204. The number of carbonyl (C=O) groups is 2. The normalized spacial score (nSPS) is 12.7. The summed E-state index contributed by atoms with van der Waals surface area (Å²) in [5, 5.41) is 12.8. The van der Waals surface area contributed by atoms with Crippen LogP contribution in [0, 0.1) is 15.9 Å². The maximum atomic E-state index is 14.0. The van der Waals surface area contributed by atoms with E-state index >= 15 is 0 Å². The Labute approximate surface area is 137 Å². The molecular weight excluding hydrogens is 339 g/mol. The quantitative estimate of drug-likeness (QED) is 0.462. The maximum absolute atomic E-state index is 14.0. The number of rotatable bonds is 3. The highest BCUT2D eigenvalue weighted by Gasteiger charge is 2.32. The number of pyridine rings is 1. The summed E-state index contributed by atoms with van der Waals surface area (Å²) in [4.78, 5) is 45.7. The van der Waals surface area contributed by atoms with E-state index in [4.69, 9.17) is 10.5 Å². The fourth-order valence-corrected chi connectivity index (χ4v) is 2.54. The third-order valence-electron chi connectivity index (χ3n) is 3.64. The number of nitrogens with one attached hydrogen (secondary N) is 1. The summed E-state index contributed by atoms with van der Waals surface area (Å²) >= 11 is 0. The summed E-state index contributed by atoms with van der Waals surface area (Å²) in [6.07, 6.45) is 0. The fourth-order valence-electron chi connectivity index (χ4n) is 2.54. The van der Waals surface area contributed by atoms with Crippen molar-refractivity contribution in [2.75, 3.05) is 12.8 Å². The third-order valence-corrected chi connectivity index (χ3v) is 3.64. The Balaban J connectivity index is 2.36. The minimum atomic E-state index is -1.23. The molecule has 0 saturated heterocycles. The molecule has 1 aromatic carbocycles. The predicted molar refractivity (Wildman–Crippen MR) is 81.4 cm³/mol. The molecule has 0 saturated carbocycles. The summed E-state index contributed by atoms with van der Waals surface area (Å²) in [6.45, 7) is 0. The van der Waals surface area contributed by atoms with E-state index in [1.165, 1.54) is 0 Å². The van der Waals surface area contributed by atoms with Gasteiger partial charge in [-0.3, -0.25) is 34.4 Å². The Kier molecular flexibility index (Phi) is 3.48. The number of amides is 2. The Hall–Kier alpha value is -3.76. The Morgan fingerprint density at radius 1 is 1.24 bits per heavy atom. The highest BCUT2D eigenvalue weighted by Crippen LogP contribution is 2.32. The van der Waals surface area contributed by atoms with Crippen LogP contribution in [0.4, 0.5) is 15.9 Å². The molecule has 1 aromatic heterocycles. The first-order chi connectivity index (χ1) is 11.8. The number of benzene rings is 1. The van der Waals surface area contributed by atoms with Crippen molar-refractivity contribution >= 4 is 23.3 Å². The molecule has 3 rings (SSSR count). The number of aromatic nitrogens is 1. The van der Waals surface area contributed by atoms with Crippen LogP contribution in [0.25, 0.3) is 5.69 Å². The first-order valence-electron chi connectivity index (χ1n) is 6.69. The number of fused-ring (bicyclic) bond motifs is 1. The molecule has 2 heterocycles. The number of nitrogens with two attached hydrogens (primary N) is 1. The van der Waals surface area contributed by atoms with Crippen LogP contribution < -0.4 is 21.3 Å². The van der Waals surface area contributed by atoms with Crippen molar-refractivity contribution in [1.29, 1.82) is 0 Å². The molecule has 11 heteroatoms. The summed E-state index contributed by atoms with van der Waals surface area (Å²) in [5.41, 5.74) is 3.43. The predicted octanol–water partition coefficient (Wildman–Crippen LogP) is 0.359. The van der Waals surface area contributed by atoms with E-state index in [-0.39, 0.29) is 22.6 Å². The number of halogens is 1. The first kappa shape index (κ1) is 16.1. The number of methoxy groups -OCH3 is 1. The zero-order valence-electron chi connectivity index (χ0n) is 12.5. The smallest absolute Gasteiger partial charge is 0.308 e. The van der Waals surface area contributed by atoms with Crippen LogP contribution in [0.1, 0.15) is 20.7 Å². The number of hydrogen-bond donors (Lipinski definition) is 2. The number of nitro benzene ring substituents is 1. The zero-order chi connectivity index (χ0) is 18.5. The molecule has 128 valence electrons. The molecule has 0 spiro atoms. The van der Waals surface area contributed by atoms with E-state index in [1.54, 1.807) is 0 Å². The van der Waals surface area contributed by atoms with Gasteiger partial charge in [-0.15, -0.1) is 0 Å². The van der Waals surface area contributed by atoms with Gasteiger partial charge in [-0.2, -0.15) is 4.39 Å². The van der Waals surface area contributed by atoms with Gasteiger partial charge < -0.3 is 10.5 Å². The molecule has 0 bridgehead atoms. The van der Waals surface area contributed by atoms with E-state index in [2.05, 4.69) is 0 Å². The van der Waals surface area contributed by atoms with Gasteiger partial charge in [0.25, 0.3) is 17.4 Å². The second-order valence-corrected chi connectivity index (χ2v) is 5.01. The number of ether oxygens (including phenoxy) is 1. The molecule has 25 heavy (non-hydrogen) atoms. The van der Waals surface area contributed by atoms with Gasteiger partial charge in [0.15, 0.2) is 0 Å². The highest BCUT2D eigenvalue weighted by molar-refractivity contribution is 6.23. The van der Waals surface area contributed by atoms with Crippen LogP contribution >= 0.6 is 0 Å². The maximum Gasteiger partial charge on any atom is 0.308 e. The van der Waals surface area contributed by atoms with Crippen molar-refractivity contribution in [2.24, 2.45) is 0 Å². The first-order valence-corrected chi connectivity index (χ1v) is 6.69. The molecule has 0 radical (unpaired) electrons. The van der Waals surface area contributed by atoms with E-state index in [9.17, 15) is 28.9 Å². The lowest BCUT2D eigenvalue weighted by molar-refractivity contribution is -0.387. The molecule has 0 aliphatic carbocycles. The van der Waals surface area contributed by atoms with Gasteiger partial charge in [-0.25, -0.2) is 0 Å². The summed E-state index contributed by atoms with van der Waals surface area (Å²) in [7, 11) is 1.16. The second-order valence-electron chi connectivity index (χ2n) is 5.01. The number of anilines is 1. The van der Waals surface area contributed by atoms with Crippen LogP contribution in [0.3, 0.4) is 0 Å². The van der Waals surface area contributed by atoms with Crippen LogP contribution in [-0.2, 0) is 0 Å². The SMILES string of the molecule is COc1cc([N+](=O)[O-])c(F)cc1-n1c(N)c2c(cc1=O)C(=O)NC2=O. The van der Waals surface area contributed by atoms with Crippen LogP contribution in [0.2, 0.25) is 0 Å². The minimum Gasteiger partial charge on any atom is -0.494 e. The van der Waals surface area contributed by atoms with Crippen LogP contribution in [0.5, 0.6) is 5.75 Å². The molecule has 1 aliphatic rings. The van der Waals surface area contributed by atoms with Crippen molar-refractivity contribution in [2.45, 2.75) is 0 Å². The molecule has 0 atom stereocenters. The number of imide groups is 1. The van der Waals surface area contributed by atoms with E-state index in [0.29, 0.717) is 6.07 Å². The van der Waals surface area contributed by atoms with Crippen molar-refractivity contribution in [1.82, 2.24) is 9.88 Å². The summed E-state index contributed by atoms with van der Waals surface area (Å²) < 4.78 is 19.7. The molecular formula is C14H9FN4O6. The largest absolute Gasteiger partial charge is 0.494 e. The molecule has 1 aliphatic heterocycles. The van der Waals surface area contributed by atoms with Crippen molar-refractivity contribution in [3.05, 3.63) is 55.6 Å². The molecule has 2 amide bonds. The lowest BCUT2D eigenvalue weighted by atomic mass is 10.1. The Morgan fingerprint density at radius 3 is 2.52 bits per heavy atom. The molecule has 0 unspecified atom stereocenters. The molecule has 10 nitrogen and oxygen atoms in total. The number of carbonyl (C=O) groups excluding carboxylic acids is 2. The van der Waals surface area contributed by atoms with Crippen molar-refractivity contribution in [3.8, 4) is 11.4 Å². The van der Waals surface area contributed by atoms with Gasteiger partial charge in [0, 0.05) is 12.1 Å². The Morgan fingerprint density at radius 2 is 1.92 bits per heavy atom. The fraction of sp³-hybridized carbons (Fsp3) is 0.0714. The van der Waals surface area contributed by atoms with Gasteiger partial charge in [-0.1, -0.05) is 0 Å². The standard InChI is InChI=1S/C14H9FN4O6/c1-25-9-4-7(19(23)24)6(15)3-8(9)18-10(20)2-5-11(12(18)16)14(22)17-13(5)21/h2-4H,16H2,1H3,(H,17,21,22).